The number of carbonyl (C=O) groups excluding carboxylic acids is 1. The average molecular weight is 433 g/mol. The van der Waals surface area contributed by atoms with Crippen molar-refractivity contribution in [1.29, 1.82) is 0 Å². The number of anilines is 1. The molecule has 0 unspecified atom stereocenters. The number of aryl methyl sites for hydroxylation is 1. The normalized spacial score (nSPS) is 11.2. The zero-order valence-electron chi connectivity index (χ0n) is 19.1. The summed E-state index contributed by atoms with van der Waals surface area (Å²) in [4.78, 5) is 28.8. The average Bonchev–Trinajstić information content (AvgIpc) is 3.16. The van der Waals surface area contributed by atoms with Gasteiger partial charge in [-0.2, -0.15) is 9.36 Å². The number of nitrogens with zero attached hydrogens (tertiary/aromatic N) is 6. The maximum atomic E-state index is 12.5. The Morgan fingerprint density at radius 2 is 1.68 bits per heavy atom. The molecule has 1 heterocycles. The molecule has 1 amide bonds. The van der Waals surface area contributed by atoms with Gasteiger partial charge in [0.2, 0.25) is 5.91 Å². The first-order valence-corrected chi connectivity index (χ1v) is 11.2. The summed E-state index contributed by atoms with van der Waals surface area (Å²) in [6.45, 7) is 8.64. The van der Waals surface area contributed by atoms with E-state index in [4.69, 9.17) is 4.74 Å². The van der Waals surface area contributed by atoms with Gasteiger partial charge in [0.05, 0.1) is 6.54 Å². The standard InChI is InChI=1S/C22H36N6O3/c1-4-21(29)26(20-12-7-6-8-13-20)16-11-15-25(14-9-10-19-31-3)17-18-28-22(30)27(5-2)23-24-28/h6-8,12-13H,4-5,9-11,14-19H2,1-3H3. The molecule has 0 bridgehead atoms. The van der Waals surface area contributed by atoms with Crippen LogP contribution in [-0.4, -0.2) is 70.5 Å². The van der Waals surface area contributed by atoms with E-state index in [0.717, 1.165) is 44.6 Å². The second kappa shape index (κ2) is 13.7. The minimum atomic E-state index is -0.175. The fourth-order valence-corrected chi connectivity index (χ4v) is 3.45. The number of rotatable bonds is 15. The van der Waals surface area contributed by atoms with E-state index in [9.17, 15) is 9.59 Å². The van der Waals surface area contributed by atoms with Crippen molar-refractivity contribution in [2.75, 3.05) is 44.8 Å². The van der Waals surface area contributed by atoms with Crippen molar-refractivity contribution in [2.45, 2.75) is 52.6 Å². The Morgan fingerprint density at radius 3 is 2.32 bits per heavy atom. The summed E-state index contributed by atoms with van der Waals surface area (Å²) in [6.07, 6.45) is 3.33. The number of hydrogen-bond donors (Lipinski definition) is 0. The molecule has 2 rings (SSSR count). The van der Waals surface area contributed by atoms with Gasteiger partial charge in [0.25, 0.3) is 0 Å². The van der Waals surface area contributed by atoms with Gasteiger partial charge >= 0.3 is 5.69 Å². The molecule has 0 aliphatic rings. The van der Waals surface area contributed by atoms with Crippen LogP contribution in [0.25, 0.3) is 0 Å². The molecule has 9 nitrogen and oxygen atoms in total. The number of hydrogen-bond acceptors (Lipinski definition) is 6. The number of para-hydroxylation sites is 1. The molecule has 1 aromatic carbocycles. The number of ether oxygens (including phenoxy) is 1. The van der Waals surface area contributed by atoms with Crippen LogP contribution in [0.15, 0.2) is 35.1 Å². The van der Waals surface area contributed by atoms with E-state index >= 15 is 0 Å². The monoisotopic (exact) mass is 432 g/mol. The summed E-state index contributed by atoms with van der Waals surface area (Å²) in [5.41, 5.74) is 0.759. The third-order valence-electron chi connectivity index (χ3n) is 5.23. The highest BCUT2D eigenvalue weighted by Crippen LogP contribution is 2.15. The van der Waals surface area contributed by atoms with Gasteiger partial charge in [-0.25, -0.2) is 4.79 Å². The Morgan fingerprint density at radius 1 is 0.968 bits per heavy atom. The molecule has 0 radical (unpaired) electrons. The van der Waals surface area contributed by atoms with Crippen molar-refractivity contribution >= 4 is 11.6 Å². The fraction of sp³-hybridized carbons (Fsp3) is 0.636. The van der Waals surface area contributed by atoms with Gasteiger partial charge in [-0.15, -0.1) is 0 Å². The summed E-state index contributed by atoms with van der Waals surface area (Å²) < 4.78 is 7.93. The number of unbranched alkanes of at least 4 members (excludes halogenated alkanes) is 1. The molecule has 0 saturated carbocycles. The van der Waals surface area contributed by atoms with Crippen LogP contribution in [0, 0.1) is 0 Å². The number of tetrazole rings is 1. The molecule has 0 aliphatic carbocycles. The van der Waals surface area contributed by atoms with Crippen LogP contribution in [0.1, 0.15) is 39.5 Å². The number of carbonyl (C=O) groups is 1. The van der Waals surface area contributed by atoms with Gasteiger partial charge in [-0.3, -0.25) is 4.79 Å². The summed E-state index contributed by atoms with van der Waals surface area (Å²) in [6, 6.07) is 9.80. The van der Waals surface area contributed by atoms with Crippen LogP contribution >= 0.6 is 0 Å². The first-order valence-electron chi connectivity index (χ1n) is 11.2. The minimum absolute atomic E-state index is 0.126. The van der Waals surface area contributed by atoms with Crippen LogP contribution < -0.4 is 10.6 Å². The molecule has 0 fully saturated rings. The molecule has 0 N–H and O–H groups in total. The molecule has 1 aromatic heterocycles. The van der Waals surface area contributed by atoms with Gasteiger partial charge < -0.3 is 14.5 Å². The molecule has 9 heteroatoms. The zero-order valence-corrected chi connectivity index (χ0v) is 19.1. The first-order chi connectivity index (χ1) is 15.1. The summed E-state index contributed by atoms with van der Waals surface area (Å²) in [7, 11) is 1.71. The highest BCUT2D eigenvalue weighted by Gasteiger charge is 2.15. The smallest absolute Gasteiger partial charge is 0.363 e. The molecular formula is C22H36N6O3. The third kappa shape index (κ3) is 7.91. The first kappa shape index (κ1) is 24.7. The SMILES string of the molecule is CCC(=O)N(CCCN(CCCCOC)CCn1nnn(CC)c1=O)c1ccccc1. The maximum Gasteiger partial charge on any atom is 0.363 e. The lowest BCUT2D eigenvalue weighted by Crippen LogP contribution is -2.36. The largest absolute Gasteiger partial charge is 0.385 e. The van der Waals surface area contributed by atoms with E-state index in [1.807, 2.05) is 49.1 Å². The Labute approximate surface area is 184 Å². The van der Waals surface area contributed by atoms with Gasteiger partial charge in [0, 0.05) is 45.5 Å². The summed E-state index contributed by atoms with van der Waals surface area (Å²) >= 11 is 0. The van der Waals surface area contributed by atoms with Crippen molar-refractivity contribution in [2.24, 2.45) is 0 Å². The highest BCUT2D eigenvalue weighted by molar-refractivity contribution is 5.93. The highest BCUT2D eigenvalue weighted by atomic mass is 16.5. The van der Waals surface area contributed by atoms with Crippen LogP contribution in [0.2, 0.25) is 0 Å². The van der Waals surface area contributed by atoms with Gasteiger partial charge in [0.1, 0.15) is 0 Å². The van der Waals surface area contributed by atoms with E-state index < -0.39 is 0 Å². The lowest BCUT2D eigenvalue weighted by Gasteiger charge is -2.26. The van der Waals surface area contributed by atoms with Crippen molar-refractivity contribution in [3.8, 4) is 0 Å². The maximum absolute atomic E-state index is 12.5. The molecular weight excluding hydrogens is 396 g/mol. The lowest BCUT2D eigenvalue weighted by atomic mass is 10.2. The van der Waals surface area contributed by atoms with Crippen LogP contribution in [0.3, 0.4) is 0 Å². The van der Waals surface area contributed by atoms with Crippen molar-refractivity contribution in [1.82, 2.24) is 24.7 Å². The molecule has 0 aliphatic heterocycles. The van der Waals surface area contributed by atoms with Crippen LogP contribution in [0.5, 0.6) is 0 Å². The predicted molar refractivity (Wildman–Crippen MR) is 121 cm³/mol. The number of amides is 1. The van der Waals surface area contributed by atoms with E-state index in [0.29, 0.717) is 32.6 Å². The second-order valence-corrected chi connectivity index (χ2v) is 7.43. The Kier molecular flexibility index (Phi) is 10.9. The molecule has 0 spiro atoms. The topological polar surface area (TPSA) is 85.5 Å². The molecule has 0 saturated heterocycles. The summed E-state index contributed by atoms with van der Waals surface area (Å²) in [5, 5.41) is 7.85. The van der Waals surface area contributed by atoms with Crippen LogP contribution in [0.4, 0.5) is 5.69 Å². The predicted octanol–water partition coefficient (Wildman–Crippen LogP) is 2.02. The molecule has 31 heavy (non-hydrogen) atoms. The van der Waals surface area contributed by atoms with Crippen molar-refractivity contribution in [3.63, 3.8) is 0 Å². The molecule has 172 valence electrons. The van der Waals surface area contributed by atoms with Gasteiger partial charge in [0.15, 0.2) is 0 Å². The van der Waals surface area contributed by atoms with Crippen LogP contribution in [-0.2, 0) is 22.6 Å². The third-order valence-corrected chi connectivity index (χ3v) is 5.23. The zero-order chi connectivity index (χ0) is 22.5. The van der Waals surface area contributed by atoms with Crippen molar-refractivity contribution in [3.05, 3.63) is 40.8 Å². The van der Waals surface area contributed by atoms with Crippen molar-refractivity contribution < 1.29 is 9.53 Å². The Bertz CT molecular complexity index is 820. The van der Waals surface area contributed by atoms with E-state index in [1.54, 1.807) is 7.11 Å². The number of benzene rings is 1. The number of aromatic nitrogens is 4. The van der Waals surface area contributed by atoms with Gasteiger partial charge in [-0.05, 0) is 61.8 Å². The second-order valence-electron chi connectivity index (χ2n) is 7.43. The Balaban J connectivity index is 1.94. The molecule has 0 atom stereocenters. The van der Waals surface area contributed by atoms with E-state index in [2.05, 4.69) is 15.3 Å². The number of methoxy groups -OCH3 is 1. The minimum Gasteiger partial charge on any atom is -0.385 e. The lowest BCUT2D eigenvalue weighted by molar-refractivity contribution is -0.118. The summed E-state index contributed by atoms with van der Waals surface area (Å²) in [5.74, 6) is 0.126. The van der Waals surface area contributed by atoms with E-state index in [1.165, 1.54) is 9.36 Å². The Hall–Kier alpha value is -2.52. The quantitative estimate of drug-likeness (QED) is 0.400. The fourth-order valence-electron chi connectivity index (χ4n) is 3.45. The van der Waals surface area contributed by atoms with E-state index in [-0.39, 0.29) is 11.6 Å². The molecule has 2 aromatic rings. The van der Waals surface area contributed by atoms with Gasteiger partial charge in [-0.1, -0.05) is 25.1 Å².